The summed E-state index contributed by atoms with van der Waals surface area (Å²) in [5.41, 5.74) is 1.21. The van der Waals surface area contributed by atoms with Crippen molar-refractivity contribution in [2.24, 2.45) is 5.92 Å². The van der Waals surface area contributed by atoms with Crippen molar-refractivity contribution in [2.45, 2.75) is 81.7 Å². The number of thiophene rings is 1. The minimum Gasteiger partial charge on any atom is -0.383 e. The average Bonchev–Trinajstić information content (AvgIpc) is 3.16. The van der Waals surface area contributed by atoms with Crippen molar-refractivity contribution < 1.29 is 9.53 Å². The largest absolute Gasteiger partial charge is 0.383 e. The number of aryl methyl sites for hydroxylation is 2. The Morgan fingerprint density at radius 2 is 2.03 bits per heavy atom. The van der Waals surface area contributed by atoms with E-state index in [4.69, 9.17) is 9.72 Å². The second-order valence-electron chi connectivity index (χ2n) is 8.74. The number of ether oxygens (including phenoxy) is 1. The molecule has 2 aromatic rings. The van der Waals surface area contributed by atoms with Crippen molar-refractivity contribution in [1.82, 2.24) is 14.9 Å². The maximum absolute atomic E-state index is 13.4. The number of aromatic nitrogens is 2. The van der Waals surface area contributed by atoms with Gasteiger partial charge >= 0.3 is 0 Å². The van der Waals surface area contributed by atoms with Crippen LogP contribution in [0.5, 0.6) is 0 Å². The number of carbonyl (C=O) groups excluding carboxylic acids is 1. The van der Waals surface area contributed by atoms with E-state index >= 15 is 0 Å². The summed E-state index contributed by atoms with van der Waals surface area (Å²) in [6.45, 7) is 3.54. The van der Waals surface area contributed by atoms with Crippen LogP contribution in [0.1, 0.15) is 62.3 Å². The van der Waals surface area contributed by atoms with E-state index in [0.29, 0.717) is 24.2 Å². The van der Waals surface area contributed by atoms with Crippen LogP contribution >= 0.6 is 23.1 Å². The Morgan fingerprint density at radius 3 is 2.81 bits per heavy atom. The molecule has 0 aromatic carbocycles. The number of thioether (sulfide) groups is 1. The van der Waals surface area contributed by atoms with Crippen LogP contribution in [0.3, 0.4) is 0 Å². The predicted molar refractivity (Wildman–Crippen MR) is 127 cm³/mol. The van der Waals surface area contributed by atoms with Crippen LogP contribution in [-0.2, 0) is 28.9 Å². The molecule has 6 nitrogen and oxygen atoms in total. The molecule has 8 heteroatoms. The fourth-order valence-electron chi connectivity index (χ4n) is 4.68. The van der Waals surface area contributed by atoms with Crippen molar-refractivity contribution in [1.29, 1.82) is 0 Å². The highest BCUT2D eigenvalue weighted by Gasteiger charge is 2.25. The molecular weight excluding hydrogens is 430 g/mol. The van der Waals surface area contributed by atoms with E-state index in [0.717, 1.165) is 36.0 Å². The Morgan fingerprint density at radius 1 is 1.26 bits per heavy atom. The molecule has 0 bridgehead atoms. The zero-order chi connectivity index (χ0) is 21.8. The first kappa shape index (κ1) is 22.8. The third-order valence-electron chi connectivity index (χ3n) is 6.50. The zero-order valence-corrected chi connectivity index (χ0v) is 20.2. The molecule has 1 amide bonds. The van der Waals surface area contributed by atoms with Gasteiger partial charge in [-0.05, 0) is 56.9 Å². The Balaban J connectivity index is 1.55. The van der Waals surface area contributed by atoms with E-state index in [1.165, 1.54) is 60.7 Å². The molecule has 0 saturated heterocycles. The van der Waals surface area contributed by atoms with E-state index in [1.807, 2.05) is 6.92 Å². The molecule has 31 heavy (non-hydrogen) atoms. The van der Waals surface area contributed by atoms with Gasteiger partial charge in [0.05, 0.1) is 23.8 Å². The number of nitrogens with zero attached hydrogens (tertiary/aromatic N) is 2. The maximum atomic E-state index is 13.4. The highest BCUT2D eigenvalue weighted by molar-refractivity contribution is 8.00. The van der Waals surface area contributed by atoms with E-state index in [9.17, 15) is 9.59 Å². The lowest BCUT2D eigenvalue weighted by molar-refractivity contribution is -0.120. The second-order valence-corrected chi connectivity index (χ2v) is 11.1. The lowest BCUT2D eigenvalue weighted by Gasteiger charge is -2.22. The first-order valence-electron chi connectivity index (χ1n) is 11.6. The minimum atomic E-state index is -0.309. The first-order chi connectivity index (χ1) is 15.1. The number of fused-ring (bicyclic) bond motifs is 3. The molecule has 1 fully saturated rings. The Kier molecular flexibility index (Phi) is 7.72. The molecule has 0 aliphatic heterocycles. The summed E-state index contributed by atoms with van der Waals surface area (Å²) >= 11 is 3.04. The number of carbonyl (C=O) groups is 1. The van der Waals surface area contributed by atoms with Gasteiger partial charge in [0.25, 0.3) is 5.56 Å². The van der Waals surface area contributed by atoms with Gasteiger partial charge in [0.2, 0.25) is 5.91 Å². The number of hydrogen-bond acceptors (Lipinski definition) is 6. The van der Waals surface area contributed by atoms with Gasteiger partial charge in [-0.25, -0.2) is 4.98 Å². The SMILES string of the molecule is COCCn1c(S[C@H](C)C(=O)NCC2CCCCC2)nc2sc3c(c2c1=O)CCCC3. The van der Waals surface area contributed by atoms with Gasteiger partial charge in [-0.1, -0.05) is 31.0 Å². The first-order valence-corrected chi connectivity index (χ1v) is 13.3. The molecule has 0 unspecified atom stereocenters. The van der Waals surface area contributed by atoms with Gasteiger partial charge in [-0.2, -0.15) is 0 Å². The predicted octanol–water partition coefficient (Wildman–Crippen LogP) is 4.16. The summed E-state index contributed by atoms with van der Waals surface area (Å²) < 4.78 is 6.96. The number of amides is 1. The molecule has 0 radical (unpaired) electrons. The lowest BCUT2D eigenvalue weighted by atomic mass is 9.89. The van der Waals surface area contributed by atoms with Crippen LogP contribution in [0.15, 0.2) is 9.95 Å². The van der Waals surface area contributed by atoms with Gasteiger partial charge < -0.3 is 10.1 Å². The molecule has 170 valence electrons. The van der Waals surface area contributed by atoms with Crippen LogP contribution in [0.2, 0.25) is 0 Å². The van der Waals surface area contributed by atoms with E-state index < -0.39 is 0 Å². The molecule has 0 spiro atoms. The highest BCUT2D eigenvalue weighted by Crippen LogP contribution is 2.35. The van der Waals surface area contributed by atoms with Crippen LogP contribution in [0.4, 0.5) is 0 Å². The van der Waals surface area contributed by atoms with Crippen molar-refractivity contribution in [3.63, 3.8) is 0 Å². The maximum Gasteiger partial charge on any atom is 0.263 e. The Bertz CT molecular complexity index is 979. The summed E-state index contributed by atoms with van der Waals surface area (Å²) in [5.74, 6) is 0.621. The van der Waals surface area contributed by atoms with E-state index in [-0.39, 0.29) is 16.7 Å². The third kappa shape index (κ3) is 5.17. The molecular formula is C23H33N3O3S2. The zero-order valence-electron chi connectivity index (χ0n) is 18.6. The Labute approximate surface area is 192 Å². The monoisotopic (exact) mass is 463 g/mol. The number of hydrogen-bond donors (Lipinski definition) is 1. The fourth-order valence-corrected chi connectivity index (χ4v) is 6.94. The number of nitrogens with one attached hydrogen (secondary N) is 1. The minimum absolute atomic E-state index is 0.0127. The van der Waals surface area contributed by atoms with Gasteiger partial charge in [0.15, 0.2) is 5.16 Å². The van der Waals surface area contributed by atoms with Crippen molar-refractivity contribution in [3.05, 3.63) is 20.8 Å². The summed E-state index contributed by atoms with van der Waals surface area (Å²) in [6.07, 6.45) is 10.6. The normalized spacial score (nSPS) is 18.1. The van der Waals surface area contributed by atoms with Crippen LogP contribution in [0.25, 0.3) is 10.2 Å². The molecule has 1 saturated carbocycles. The third-order valence-corrected chi connectivity index (χ3v) is 8.78. The summed E-state index contributed by atoms with van der Waals surface area (Å²) in [6, 6.07) is 0. The Hall–Kier alpha value is -1.38. The molecule has 4 rings (SSSR count). The lowest BCUT2D eigenvalue weighted by Crippen LogP contribution is -2.36. The van der Waals surface area contributed by atoms with Gasteiger partial charge in [-0.15, -0.1) is 11.3 Å². The van der Waals surface area contributed by atoms with Crippen LogP contribution in [0, 0.1) is 5.92 Å². The van der Waals surface area contributed by atoms with Crippen LogP contribution < -0.4 is 10.9 Å². The average molecular weight is 464 g/mol. The smallest absolute Gasteiger partial charge is 0.263 e. The van der Waals surface area contributed by atoms with Gasteiger partial charge in [0, 0.05) is 18.5 Å². The summed E-state index contributed by atoms with van der Waals surface area (Å²) in [7, 11) is 1.64. The molecule has 1 N–H and O–H groups in total. The van der Waals surface area contributed by atoms with Gasteiger partial charge in [-0.3, -0.25) is 14.2 Å². The topological polar surface area (TPSA) is 73.2 Å². The highest BCUT2D eigenvalue weighted by atomic mass is 32.2. The van der Waals surface area contributed by atoms with Crippen molar-refractivity contribution >= 4 is 39.2 Å². The fraction of sp³-hybridized carbons (Fsp3) is 0.696. The number of methoxy groups -OCH3 is 1. The molecule has 2 aliphatic rings. The molecule has 2 aromatic heterocycles. The standard InChI is InChI=1S/C23H33N3O3S2/c1-15(20(27)24-14-16-8-4-3-5-9-16)30-23-25-21-19(22(28)26(23)12-13-29-2)17-10-6-7-11-18(17)31-21/h15-16H,3-14H2,1-2H3,(H,24,27)/t15-/m1/s1. The quantitative estimate of drug-likeness (QED) is 0.470. The molecule has 2 heterocycles. The van der Waals surface area contributed by atoms with Gasteiger partial charge in [0.1, 0.15) is 4.83 Å². The second kappa shape index (κ2) is 10.5. The van der Waals surface area contributed by atoms with Crippen LogP contribution in [-0.4, -0.2) is 41.0 Å². The molecule has 2 aliphatic carbocycles. The van der Waals surface area contributed by atoms with Crippen molar-refractivity contribution in [2.75, 3.05) is 20.3 Å². The van der Waals surface area contributed by atoms with Crippen molar-refractivity contribution in [3.8, 4) is 0 Å². The van der Waals surface area contributed by atoms with E-state index in [2.05, 4.69) is 5.32 Å². The van der Waals surface area contributed by atoms with E-state index in [1.54, 1.807) is 23.0 Å². The summed E-state index contributed by atoms with van der Waals surface area (Å²) in [4.78, 5) is 33.2. The number of rotatable bonds is 8. The summed E-state index contributed by atoms with van der Waals surface area (Å²) in [5, 5.41) is 4.23. The molecule has 1 atom stereocenters.